The van der Waals surface area contributed by atoms with Gasteiger partial charge in [0.05, 0.1) is 12.2 Å². The molecule has 9 nitrogen and oxygen atoms in total. The summed E-state index contributed by atoms with van der Waals surface area (Å²) in [4.78, 5) is 24.8. The number of amides is 1. The molecule has 4 aromatic rings. The third-order valence-corrected chi connectivity index (χ3v) is 4.92. The maximum Gasteiger partial charge on any atom is 0.300 e. The van der Waals surface area contributed by atoms with Crippen LogP contribution >= 0.6 is 0 Å². The van der Waals surface area contributed by atoms with E-state index in [2.05, 4.69) is 25.4 Å². The molecule has 0 saturated carbocycles. The fourth-order valence-corrected chi connectivity index (χ4v) is 3.49. The molecular weight excluding hydrogens is 377 g/mol. The number of nitrogens with zero attached hydrogens (tertiary/aromatic N) is 6. The first-order valence-electron chi connectivity index (χ1n) is 9.09. The summed E-state index contributed by atoms with van der Waals surface area (Å²) in [5, 5.41) is 10.7. The van der Waals surface area contributed by atoms with Gasteiger partial charge in [-0.15, -0.1) is 0 Å². The summed E-state index contributed by atoms with van der Waals surface area (Å²) in [5.74, 6) is -0.698. The van der Waals surface area contributed by atoms with Crippen LogP contribution in [0.2, 0.25) is 0 Å². The summed E-state index contributed by atoms with van der Waals surface area (Å²) in [6.07, 6.45) is 1.60. The number of aromatic amines is 1. The smallest absolute Gasteiger partial charge is 0.300 e. The zero-order valence-corrected chi connectivity index (χ0v) is 15.2. The number of fused-ring (bicyclic) bond motifs is 1. The Bertz CT molecular complexity index is 1150. The molecule has 1 atom stereocenters. The number of pyridine rings is 1. The first-order chi connectivity index (χ1) is 14.2. The van der Waals surface area contributed by atoms with Crippen LogP contribution in [-0.2, 0) is 0 Å². The van der Waals surface area contributed by atoms with Crippen molar-refractivity contribution >= 4 is 23.2 Å². The average Bonchev–Trinajstić information content (AvgIpc) is 3.43. The van der Waals surface area contributed by atoms with Crippen LogP contribution in [0.4, 0.5) is 10.4 Å². The SMILES string of the molecule is O=C(c1ccccc1)N1CCN(c2nc3nc(F)ccc3o2)CC1c1cn[nH]n1. The molecule has 1 aliphatic rings. The van der Waals surface area contributed by atoms with Gasteiger partial charge in [-0.2, -0.15) is 29.8 Å². The number of oxazole rings is 1. The van der Waals surface area contributed by atoms with Gasteiger partial charge < -0.3 is 14.2 Å². The maximum atomic E-state index is 13.4. The van der Waals surface area contributed by atoms with Gasteiger partial charge >= 0.3 is 0 Å². The maximum absolute atomic E-state index is 13.4. The van der Waals surface area contributed by atoms with Gasteiger partial charge in [0.2, 0.25) is 11.6 Å². The van der Waals surface area contributed by atoms with E-state index in [0.717, 1.165) is 0 Å². The lowest BCUT2D eigenvalue weighted by molar-refractivity contribution is 0.0647. The molecule has 5 rings (SSSR count). The van der Waals surface area contributed by atoms with Gasteiger partial charge in [-0.1, -0.05) is 18.2 Å². The highest BCUT2D eigenvalue weighted by Crippen LogP contribution is 2.29. The number of hydrogen-bond acceptors (Lipinski definition) is 7. The second-order valence-electron chi connectivity index (χ2n) is 6.67. The van der Waals surface area contributed by atoms with Crippen LogP contribution in [-0.4, -0.2) is 55.8 Å². The van der Waals surface area contributed by atoms with Gasteiger partial charge in [0, 0.05) is 25.2 Å². The molecule has 0 spiro atoms. The predicted molar refractivity (Wildman–Crippen MR) is 101 cm³/mol. The minimum Gasteiger partial charge on any atom is -0.422 e. The third kappa shape index (κ3) is 3.18. The van der Waals surface area contributed by atoms with Crippen LogP contribution in [0.1, 0.15) is 22.1 Å². The molecule has 3 aromatic heterocycles. The molecule has 1 aliphatic heterocycles. The summed E-state index contributed by atoms with van der Waals surface area (Å²) in [6, 6.07) is 11.8. The lowest BCUT2D eigenvalue weighted by Crippen LogP contribution is -2.51. The molecule has 1 amide bonds. The first-order valence-corrected chi connectivity index (χ1v) is 9.09. The molecule has 1 aromatic carbocycles. The van der Waals surface area contributed by atoms with Crippen molar-refractivity contribution < 1.29 is 13.6 Å². The van der Waals surface area contributed by atoms with Crippen molar-refractivity contribution in [2.45, 2.75) is 6.04 Å². The van der Waals surface area contributed by atoms with Crippen molar-refractivity contribution in [3.05, 3.63) is 65.9 Å². The normalized spacial score (nSPS) is 17.1. The summed E-state index contributed by atoms with van der Waals surface area (Å²) in [5.41, 5.74) is 1.86. The predicted octanol–water partition coefficient (Wildman–Crippen LogP) is 2.18. The van der Waals surface area contributed by atoms with Gasteiger partial charge in [0.25, 0.3) is 11.9 Å². The fraction of sp³-hybridized carbons (Fsp3) is 0.211. The quantitative estimate of drug-likeness (QED) is 0.532. The molecule has 0 radical (unpaired) electrons. The van der Waals surface area contributed by atoms with Gasteiger partial charge in [-0.3, -0.25) is 4.79 Å². The molecule has 1 unspecified atom stereocenters. The number of aromatic nitrogens is 5. The summed E-state index contributed by atoms with van der Waals surface area (Å²) in [7, 11) is 0. The van der Waals surface area contributed by atoms with Gasteiger partial charge in [-0.25, -0.2) is 0 Å². The van der Waals surface area contributed by atoms with Crippen LogP contribution < -0.4 is 4.90 Å². The molecular formula is C19H16FN7O2. The topological polar surface area (TPSA) is 104 Å². The molecule has 4 heterocycles. The summed E-state index contributed by atoms with van der Waals surface area (Å²) >= 11 is 0. The highest BCUT2D eigenvalue weighted by atomic mass is 19.1. The molecule has 1 N–H and O–H groups in total. The van der Waals surface area contributed by atoms with Gasteiger partial charge in [-0.05, 0) is 24.3 Å². The third-order valence-electron chi connectivity index (χ3n) is 4.92. The Morgan fingerprint density at radius 3 is 2.79 bits per heavy atom. The molecule has 10 heteroatoms. The zero-order valence-electron chi connectivity index (χ0n) is 15.2. The Kier molecular flexibility index (Phi) is 4.15. The number of H-pyrrole nitrogens is 1. The van der Waals surface area contributed by atoms with E-state index in [4.69, 9.17) is 4.42 Å². The molecule has 0 aliphatic carbocycles. The van der Waals surface area contributed by atoms with Crippen LogP contribution in [0.15, 0.2) is 53.1 Å². The highest BCUT2D eigenvalue weighted by Gasteiger charge is 2.35. The van der Waals surface area contributed by atoms with Crippen molar-refractivity contribution in [1.29, 1.82) is 0 Å². The van der Waals surface area contributed by atoms with E-state index in [1.165, 1.54) is 12.1 Å². The number of carbonyl (C=O) groups excluding carboxylic acids is 1. The van der Waals surface area contributed by atoms with E-state index in [1.807, 2.05) is 23.1 Å². The summed E-state index contributed by atoms with van der Waals surface area (Å²) < 4.78 is 19.1. The van der Waals surface area contributed by atoms with E-state index in [9.17, 15) is 9.18 Å². The van der Waals surface area contributed by atoms with Crippen molar-refractivity contribution in [2.75, 3.05) is 24.5 Å². The van der Waals surface area contributed by atoms with E-state index in [1.54, 1.807) is 23.2 Å². The average molecular weight is 393 g/mol. The Balaban J connectivity index is 1.46. The molecule has 0 bridgehead atoms. The van der Waals surface area contributed by atoms with Crippen molar-refractivity contribution in [3.63, 3.8) is 0 Å². The van der Waals surface area contributed by atoms with E-state index in [0.29, 0.717) is 42.5 Å². The molecule has 1 fully saturated rings. The van der Waals surface area contributed by atoms with Crippen LogP contribution in [0.3, 0.4) is 0 Å². The Labute approximate surface area is 164 Å². The largest absolute Gasteiger partial charge is 0.422 e. The van der Waals surface area contributed by atoms with E-state index < -0.39 is 5.95 Å². The number of halogens is 1. The lowest BCUT2D eigenvalue weighted by atomic mass is 10.1. The Morgan fingerprint density at radius 1 is 1.14 bits per heavy atom. The van der Waals surface area contributed by atoms with Crippen molar-refractivity contribution in [1.82, 2.24) is 30.3 Å². The second kappa shape index (κ2) is 6.97. The van der Waals surface area contributed by atoms with Crippen LogP contribution in [0.5, 0.6) is 0 Å². The number of benzene rings is 1. The molecule has 1 saturated heterocycles. The minimum atomic E-state index is -0.615. The number of rotatable bonds is 3. The summed E-state index contributed by atoms with van der Waals surface area (Å²) in [6.45, 7) is 1.34. The molecule has 29 heavy (non-hydrogen) atoms. The molecule has 146 valence electrons. The number of anilines is 1. The second-order valence-corrected chi connectivity index (χ2v) is 6.67. The highest BCUT2D eigenvalue weighted by molar-refractivity contribution is 5.94. The fourth-order valence-electron chi connectivity index (χ4n) is 3.49. The Hall–Kier alpha value is -3.82. The van der Waals surface area contributed by atoms with Crippen molar-refractivity contribution in [3.8, 4) is 0 Å². The van der Waals surface area contributed by atoms with Crippen molar-refractivity contribution in [2.24, 2.45) is 0 Å². The zero-order chi connectivity index (χ0) is 19.8. The lowest BCUT2D eigenvalue weighted by Gasteiger charge is -2.39. The Morgan fingerprint density at radius 2 is 2.00 bits per heavy atom. The van der Waals surface area contributed by atoms with Gasteiger partial charge in [0.15, 0.2) is 5.58 Å². The van der Waals surface area contributed by atoms with Crippen LogP contribution in [0, 0.1) is 5.95 Å². The van der Waals surface area contributed by atoms with E-state index in [-0.39, 0.29) is 17.6 Å². The van der Waals surface area contributed by atoms with E-state index >= 15 is 0 Å². The standard InChI is InChI=1S/C19H16FN7O2/c20-16-7-6-15-17(22-16)23-19(29-15)26-8-9-27(14(11-26)13-10-21-25-24-13)18(28)12-4-2-1-3-5-12/h1-7,10,14H,8-9,11H2,(H,21,24,25). The number of piperazine rings is 1. The monoisotopic (exact) mass is 393 g/mol. The van der Waals surface area contributed by atoms with Gasteiger partial charge in [0.1, 0.15) is 5.69 Å². The number of carbonyl (C=O) groups is 1. The first kappa shape index (κ1) is 17.3. The number of hydrogen-bond donors (Lipinski definition) is 1. The number of nitrogens with one attached hydrogen (secondary N) is 1. The minimum absolute atomic E-state index is 0.0837. The van der Waals surface area contributed by atoms with Crippen LogP contribution in [0.25, 0.3) is 11.2 Å².